The summed E-state index contributed by atoms with van der Waals surface area (Å²) >= 11 is 0. The van der Waals surface area contributed by atoms with Gasteiger partial charge in [0.25, 0.3) is 5.91 Å². The van der Waals surface area contributed by atoms with Crippen molar-refractivity contribution in [3.8, 4) is 0 Å². The van der Waals surface area contributed by atoms with Gasteiger partial charge in [0.2, 0.25) is 0 Å². The number of carbonyl (C=O) groups is 1. The lowest BCUT2D eigenvalue weighted by Gasteiger charge is -2.16. The number of aromatic nitrogens is 1. The van der Waals surface area contributed by atoms with Crippen molar-refractivity contribution in [3.63, 3.8) is 0 Å². The van der Waals surface area contributed by atoms with E-state index in [1.807, 2.05) is 37.3 Å². The number of rotatable bonds is 8. The Morgan fingerprint density at radius 3 is 2.56 bits per heavy atom. The second-order valence-electron chi connectivity index (χ2n) is 9.35. The van der Waals surface area contributed by atoms with E-state index in [9.17, 15) is 4.79 Å². The van der Waals surface area contributed by atoms with Gasteiger partial charge in [0.05, 0.1) is 0 Å². The van der Waals surface area contributed by atoms with E-state index in [0.717, 1.165) is 50.1 Å². The van der Waals surface area contributed by atoms with Gasteiger partial charge in [-0.15, -0.1) is 0 Å². The fourth-order valence-electron chi connectivity index (χ4n) is 5.06. The Hall–Kier alpha value is -3.37. The first-order chi connectivity index (χ1) is 16.7. The first kappa shape index (κ1) is 22.4. The van der Waals surface area contributed by atoms with Gasteiger partial charge in [-0.3, -0.25) is 4.79 Å². The summed E-state index contributed by atoms with van der Waals surface area (Å²) in [7, 11) is 0. The molecule has 5 rings (SSSR count). The molecule has 174 valence electrons. The van der Waals surface area contributed by atoms with Gasteiger partial charge in [-0.05, 0) is 87.0 Å². The summed E-state index contributed by atoms with van der Waals surface area (Å²) in [6.45, 7) is 4.94. The maximum Gasteiger partial charge on any atom is 0.255 e. The smallest absolute Gasteiger partial charge is 0.255 e. The predicted molar refractivity (Wildman–Crippen MR) is 140 cm³/mol. The van der Waals surface area contributed by atoms with Crippen LogP contribution in [0.4, 0.5) is 5.69 Å². The third kappa shape index (κ3) is 4.92. The van der Waals surface area contributed by atoms with Crippen LogP contribution in [0.25, 0.3) is 10.9 Å². The highest BCUT2D eigenvalue weighted by molar-refractivity contribution is 6.06. The number of anilines is 1. The number of aryl methyl sites for hydroxylation is 3. The molecule has 0 saturated carbocycles. The minimum absolute atomic E-state index is 0.0480. The molecule has 0 radical (unpaired) electrons. The number of hydrogen-bond donors (Lipinski definition) is 2. The second-order valence-corrected chi connectivity index (χ2v) is 9.35. The lowest BCUT2D eigenvalue weighted by molar-refractivity contribution is 0.102. The van der Waals surface area contributed by atoms with Crippen molar-refractivity contribution in [1.82, 2.24) is 9.88 Å². The maximum absolute atomic E-state index is 13.0. The Labute approximate surface area is 202 Å². The zero-order valence-electron chi connectivity index (χ0n) is 19.9. The number of nitrogens with one attached hydrogen (secondary N) is 2. The molecule has 0 bridgehead atoms. The molecule has 1 amide bonds. The highest BCUT2D eigenvalue weighted by Crippen LogP contribution is 2.33. The normalized spacial score (nSPS) is 13.1. The fraction of sp³-hybridized carbons (Fsp3) is 0.300. The summed E-state index contributed by atoms with van der Waals surface area (Å²) in [6, 6.07) is 24.7. The third-order valence-electron chi connectivity index (χ3n) is 6.86. The predicted octanol–water partition coefficient (Wildman–Crippen LogP) is 6.26. The highest BCUT2D eigenvalue weighted by atomic mass is 16.1. The minimum atomic E-state index is -0.0480. The molecule has 1 heterocycles. The van der Waals surface area contributed by atoms with Crippen LogP contribution in [-0.2, 0) is 25.9 Å². The number of hydrogen-bond acceptors (Lipinski definition) is 2. The summed E-state index contributed by atoms with van der Waals surface area (Å²) in [5.41, 5.74) is 8.25. The summed E-state index contributed by atoms with van der Waals surface area (Å²) in [6.07, 6.45) is 5.79. The van der Waals surface area contributed by atoms with E-state index in [4.69, 9.17) is 0 Å². The van der Waals surface area contributed by atoms with E-state index in [0.29, 0.717) is 0 Å². The maximum atomic E-state index is 13.0. The minimum Gasteiger partial charge on any atom is -0.344 e. The summed E-state index contributed by atoms with van der Waals surface area (Å²) in [5.74, 6) is -0.0480. The topological polar surface area (TPSA) is 46.1 Å². The molecule has 4 nitrogen and oxygen atoms in total. The molecule has 1 aliphatic rings. The number of carbonyl (C=O) groups excluding carboxylic acids is 1. The van der Waals surface area contributed by atoms with Crippen molar-refractivity contribution >= 4 is 22.5 Å². The van der Waals surface area contributed by atoms with E-state index in [-0.39, 0.29) is 5.91 Å². The van der Waals surface area contributed by atoms with Crippen molar-refractivity contribution in [3.05, 3.63) is 101 Å². The monoisotopic (exact) mass is 451 g/mol. The molecular weight excluding hydrogens is 418 g/mol. The molecule has 0 atom stereocenters. The van der Waals surface area contributed by atoms with Gasteiger partial charge in [-0.2, -0.15) is 0 Å². The molecular formula is C30H33N3O. The SMILES string of the molecule is Cc1ccc(NC(=O)c2ccc3c(c2)c2c(n3CCCNCc3ccccc3)CCCC2)cc1. The summed E-state index contributed by atoms with van der Waals surface area (Å²) in [5, 5.41) is 7.87. The van der Waals surface area contributed by atoms with Gasteiger partial charge in [0, 0.05) is 40.9 Å². The first-order valence-electron chi connectivity index (χ1n) is 12.5. The lowest BCUT2D eigenvalue weighted by Crippen LogP contribution is -2.17. The van der Waals surface area contributed by atoms with Crippen LogP contribution >= 0.6 is 0 Å². The van der Waals surface area contributed by atoms with Crippen LogP contribution in [0.1, 0.15) is 52.0 Å². The molecule has 0 spiro atoms. The summed E-state index contributed by atoms with van der Waals surface area (Å²) in [4.78, 5) is 13.0. The molecule has 4 heteroatoms. The lowest BCUT2D eigenvalue weighted by atomic mass is 9.95. The Morgan fingerprint density at radius 1 is 0.941 bits per heavy atom. The van der Waals surface area contributed by atoms with Crippen LogP contribution < -0.4 is 10.6 Å². The van der Waals surface area contributed by atoms with Crippen molar-refractivity contribution < 1.29 is 4.79 Å². The molecule has 34 heavy (non-hydrogen) atoms. The standard InChI is InChI=1S/C30H33N3O/c1-22-12-15-25(16-13-22)32-30(34)24-14-17-29-27(20-24)26-10-5-6-11-28(26)33(29)19-7-18-31-21-23-8-3-2-4-9-23/h2-4,8-9,12-17,20,31H,5-7,10-11,18-19,21H2,1H3,(H,32,34). The van der Waals surface area contributed by atoms with Crippen LogP contribution in [0.3, 0.4) is 0 Å². The van der Waals surface area contributed by atoms with E-state index >= 15 is 0 Å². The second kappa shape index (κ2) is 10.3. The number of fused-ring (bicyclic) bond motifs is 3. The van der Waals surface area contributed by atoms with Crippen molar-refractivity contribution in [2.45, 2.75) is 52.1 Å². The number of nitrogens with zero attached hydrogens (tertiary/aromatic N) is 1. The zero-order chi connectivity index (χ0) is 23.3. The molecule has 1 aromatic heterocycles. The Balaban J connectivity index is 1.31. The van der Waals surface area contributed by atoms with Gasteiger partial charge < -0.3 is 15.2 Å². The van der Waals surface area contributed by atoms with Gasteiger partial charge in [-0.25, -0.2) is 0 Å². The molecule has 3 aromatic carbocycles. The van der Waals surface area contributed by atoms with E-state index in [1.54, 1.807) is 0 Å². The van der Waals surface area contributed by atoms with Crippen LogP contribution in [0.15, 0.2) is 72.8 Å². The highest BCUT2D eigenvalue weighted by Gasteiger charge is 2.21. The zero-order valence-corrected chi connectivity index (χ0v) is 19.9. The fourth-order valence-corrected chi connectivity index (χ4v) is 5.06. The van der Waals surface area contributed by atoms with Gasteiger partial charge in [0.15, 0.2) is 0 Å². The van der Waals surface area contributed by atoms with Crippen LogP contribution in [0.2, 0.25) is 0 Å². The number of benzene rings is 3. The molecule has 0 saturated heterocycles. The Bertz CT molecular complexity index is 1270. The van der Waals surface area contributed by atoms with E-state index in [1.165, 1.54) is 46.1 Å². The van der Waals surface area contributed by atoms with E-state index < -0.39 is 0 Å². The average Bonchev–Trinajstić information content (AvgIpc) is 3.19. The Morgan fingerprint density at radius 2 is 1.74 bits per heavy atom. The molecule has 2 N–H and O–H groups in total. The first-order valence-corrected chi connectivity index (χ1v) is 12.5. The van der Waals surface area contributed by atoms with Crippen molar-refractivity contribution in [2.75, 3.05) is 11.9 Å². The van der Waals surface area contributed by atoms with Gasteiger partial charge >= 0.3 is 0 Å². The Kier molecular flexibility index (Phi) is 6.77. The molecule has 0 aliphatic heterocycles. The molecule has 4 aromatic rings. The van der Waals surface area contributed by atoms with Crippen LogP contribution in [0.5, 0.6) is 0 Å². The quantitative estimate of drug-likeness (QED) is 0.311. The molecule has 1 aliphatic carbocycles. The summed E-state index contributed by atoms with van der Waals surface area (Å²) < 4.78 is 2.51. The van der Waals surface area contributed by atoms with Crippen LogP contribution in [-0.4, -0.2) is 17.0 Å². The van der Waals surface area contributed by atoms with Crippen molar-refractivity contribution in [1.29, 1.82) is 0 Å². The van der Waals surface area contributed by atoms with E-state index in [2.05, 4.69) is 57.7 Å². The molecule has 0 unspecified atom stereocenters. The molecule has 0 fully saturated rings. The average molecular weight is 452 g/mol. The van der Waals surface area contributed by atoms with Crippen LogP contribution in [0, 0.1) is 6.92 Å². The van der Waals surface area contributed by atoms with Gasteiger partial charge in [-0.1, -0.05) is 48.0 Å². The number of amides is 1. The van der Waals surface area contributed by atoms with Gasteiger partial charge in [0.1, 0.15) is 0 Å². The largest absolute Gasteiger partial charge is 0.344 e. The van der Waals surface area contributed by atoms with Crippen molar-refractivity contribution in [2.24, 2.45) is 0 Å². The third-order valence-corrected chi connectivity index (χ3v) is 6.86.